The van der Waals surface area contributed by atoms with Gasteiger partial charge in [-0.05, 0) is 12.0 Å². The van der Waals surface area contributed by atoms with Gasteiger partial charge in [0.1, 0.15) is 0 Å². The SMILES string of the molecule is CC(C)NCC(Cc1ccccc1)C(=O)O. The second-order valence-electron chi connectivity index (χ2n) is 4.29. The molecule has 0 aliphatic rings. The zero-order valence-electron chi connectivity index (χ0n) is 9.81. The van der Waals surface area contributed by atoms with Crippen molar-refractivity contribution in [3.8, 4) is 0 Å². The van der Waals surface area contributed by atoms with E-state index in [2.05, 4.69) is 5.32 Å². The highest BCUT2D eigenvalue weighted by atomic mass is 16.4. The summed E-state index contributed by atoms with van der Waals surface area (Å²) in [5.74, 6) is -1.10. The summed E-state index contributed by atoms with van der Waals surface area (Å²) in [6.45, 7) is 4.55. The highest BCUT2D eigenvalue weighted by Crippen LogP contribution is 2.08. The zero-order valence-corrected chi connectivity index (χ0v) is 9.81. The number of aliphatic carboxylic acids is 1. The Labute approximate surface area is 96.5 Å². The zero-order chi connectivity index (χ0) is 12.0. The fourth-order valence-electron chi connectivity index (χ4n) is 1.52. The predicted octanol–water partition coefficient (Wildman–Crippen LogP) is 1.93. The number of hydrogen-bond donors (Lipinski definition) is 2. The van der Waals surface area contributed by atoms with Crippen molar-refractivity contribution in [3.63, 3.8) is 0 Å². The van der Waals surface area contributed by atoms with E-state index >= 15 is 0 Å². The van der Waals surface area contributed by atoms with Crippen molar-refractivity contribution >= 4 is 5.97 Å². The molecule has 2 N–H and O–H groups in total. The molecule has 0 bridgehead atoms. The van der Waals surface area contributed by atoms with Gasteiger partial charge in [-0.1, -0.05) is 44.2 Å². The van der Waals surface area contributed by atoms with Gasteiger partial charge >= 0.3 is 5.97 Å². The molecule has 0 heterocycles. The Morgan fingerprint density at radius 3 is 2.44 bits per heavy atom. The number of rotatable bonds is 6. The van der Waals surface area contributed by atoms with Gasteiger partial charge in [-0.3, -0.25) is 4.79 Å². The van der Waals surface area contributed by atoms with E-state index in [1.807, 2.05) is 44.2 Å². The van der Waals surface area contributed by atoms with E-state index in [1.54, 1.807) is 0 Å². The minimum Gasteiger partial charge on any atom is -0.481 e. The molecule has 1 aromatic carbocycles. The number of hydrogen-bond acceptors (Lipinski definition) is 2. The molecule has 0 radical (unpaired) electrons. The molecule has 1 unspecified atom stereocenters. The van der Waals surface area contributed by atoms with Crippen molar-refractivity contribution in [2.75, 3.05) is 6.54 Å². The topological polar surface area (TPSA) is 49.3 Å². The van der Waals surface area contributed by atoms with Crippen LogP contribution in [0.25, 0.3) is 0 Å². The standard InChI is InChI=1S/C13H19NO2/c1-10(2)14-9-12(13(15)16)8-11-6-4-3-5-7-11/h3-7,10,12,14H,8-9H2,1-2H3,(H,15,16). The van der Waals surface area contributed by atoms with Crippen LogP contribution in [0.2, 0.25) is 0 Å². The molecule has 1 rings (SSSR count). The normalized spacial score (nSPS) is 12.7. The van der Waals surface area contributed by atoms with Gasteiger partial charge in [0.15, 0.2) is 0 Å². The summed E-state index contributed by atoms with van der Waals surface area (Å²) in [6.07, 6.45) is 0.579. The Hall–Kier alpha value is -1.35. The number of carboxylic acid groups (broad SMARTS) is 1. The maximum atomic E-state index is 11.1. The van der Waals surface area contributed by atoms with Gasteiger partial charge in [-0.15, -0.1) is 0 Å². The second kappa shape index (κ2) is 6.28. The van der Waals surface area contributed by atoms with E-state index in [-0.39, 0.29) is 5.92 Å². The van der Waals surface area contributed by atoms with E-state index in [1.165, 1.54) is 0 Å². The van der Waals surface area contributed by atoms with Gasteiger partial charge in [0.2, 0.25) is 0 Å². The van der Waals surface area contributed by atoms with Crippen LogP contribution < -0.4 is 5.32 Å². The van der Waals surface area contributed by atoms with Gasteiger partial charge < -0.3 is 10.4 Å². The molecule has 0 spiro atoms. The third-order valence-corrected chi connectivity index (χ3v) is 2.45. The number of carbonyl (C=O) groups is 1. The van der Waals surface area contributed by atoms with Gasteiger partial charge in [-0.2, -0.15) is 0 Å². The Balaban J connectivity index is 2.55. The molecule has 0 aromatic heterocycles. The lowest BCUT2D eigenvalue weighted by Crippen LogP contribution is -2.33. The Kier molecular flexibility index (Phi) is 4.99. The predicted molar refractivity (Wildman–Crippen MR) is 64.4 cm³/mol. The van der Waals surface area contributed by atoms with Crippen molar-refractivity contribution in [1.29, 1.82) is 0 Å². The van der Waals surface area contributed by atoms with Crippen LogP contribution >= 0.6 is 0 Å². The monoisotopic (exact) mass is 221 g/mol. The average Bonchev–Trinajstić information content (AvgIpc) is 2.25. The fraction of sp³-hybridized carbons (Fsp3) is 0.462. The molecule has 0 aliphatic carbocycles. The molecular formula is C13H19NO2. The summed E-state index contributed by atoms with van der Waals surface area (Å²) in [5, 5.41) is 12.3. The third kappa shape index (κ3) is 4.45. The van der Waals surface area contributed by atoms with E-state index < -0.39 is 5.97 Å². The Morgan fingerprint density at radius 2 is 1.94 bits per heavy atom. The minimum atomic E-state index is -0.739. The molecule has 1 atom stereocenters. The van der Waals surface area contributed by atoms with Crippen molar-refractivity contribution < 1.29 is 9.90 Å². The molecule has 1 aromatic rings. The Morgan fingerprint density at radius 1 is 1.31 bits per heavy atom. The lowest BCUT2D eigenvalue weighted by atomic mass is 9.99. The largest absolute Gasteiger partial charge is 0.481 e. The van der Waals surface area contributed by atoms with Crippen molar-refractivity contribution in [1.82, 2.24) is 5.32 Å². The molecule has 0 amide bonds. The number of nitrogens with one attached hydrogen (secondary N) is 1. The fourth-order valence-corrected chi connectivity index (χ4v) is 1.52. The van der Waals surface area contributed by atoms with E-state index in [0.717, 1.165) is 5.56 Å². The van der Waals surface area contributed by atoms with Crippen molar-refractivity contribution in [2.24, 2.45) is 5.92 Å². The first-order valence-corrected chi connectivity index (χ1v) is 5.59. The summed E-state index contributed by atoms with van der Waals surface area (Å²) >= 11 is 0. The first-order chi connectivity index (χ1) is 7.59. The first-order valence-electron chi connectivity index (χ1n) is 5.59. The van der Waals surface area contributed by atoms with E-state index in [0.29, 0.717) is 19.0 Å². The lowest BCUT2D eigenvalue weighted by molar-refractivity contribution is -0.141. The van der Waals surface area contributed by atoms with Gasteiger partial charge in [0.25, 0.3) is 0 Å². The summed E-state index contributed by atoms with van der Waals surface area (Å²) in [7, 11) is 0. The van der Waals surface area contributed by atoms with Gasteiger partial charge in [0, 0.05) is 12.6 Å². The van der Waals surface area contributed by atoms with Crippen LogP contribution in [-0.4, -0.2) is 23.7 Å². The van der Waals surface area contributed by atoms with Crippen molar-refractivity contribution in [2.45, 2.75) is 26.3 Å². The number of carboxylic acids is 1. The summed E-state index contributed by atoms with van der Waals surface area (Å²) in [5.41, 5.74) is 1.07. The summed E-state index contributed by atoms with van der Waals surface area (Å²) in [6, 6.07) is 10.0. The number of benzene rings is 1. The summed E-state index contributed by atoms with van der Waals surface area (Å²) < 4.78 is 0. The molecule has 16 heavy (non-hydrogen) atoms. The van der Waals surface area contributed by atoms with Crippen LogP contribution in [0.4, 0.5) is 0 Å². The van der Waals surface area contributed by atoms with E-state index in [9.17, 15) is 4.79 Å². The molecule has 3 heteroatoms. The molecule has 3 nitrogen and oxygen atoms in total. The third-order valence-electron chi connectivity index (χ3n) is 2.45. The van der Waals surface area contributed by atoms with Crippen LogP contribution in [0.3, 0.4) is 0 Å². The quantitative estimate of drug-likeness (QED) is 0.771. The van der Waals surface area contributed by atoms with Crippen LogP contribution in [0.15, 0.2) is 30.3 Å². The molecule has 0 saturated carbocycles. The molecule has 88 valence electrons. The van der Waals surface area contributed by atoms with Gasteiger partial charge in [0.05, 0.1) is 5.92 Å². The molecular weight excluding hydrogens is 202 g/mol. The van der Waals surface area contributed by atoms with Crippen LogP contribution in [0, 0.1) is 5.92 Å². The van der Waals surface area contributed by atoms with Crippen molar-refractivity contribution in [3.05, 3.63) is 35.9 Å². The minimum absolute atomic E-state index is 0.317. The summed E-state index contributed by atoms with van der Waals surface area (Å²) in [4.78, 5) is 11.1. The van der Waals surface area contributed by atoms with Gasteiger partial charge in [-0.25, -0.2) is 0 Å². The second-order valence-corrected chi connectivity index (χ2v) is 4.29. The smallest absolute Gasteiger partial charge is 0.308 e. The average molecular weight is 221 g/mol. The molecule has 0 aliphatic heterocycles. The first kappa shape index (κ1) is 12.7. The highest BCUT2D eigenvalue weighted by molar-refractivity contribution is 5.70. The van der Waals surface area contributed by atoms with E-state index in [4.69, 9.17) is 5.11 Å². The maximum Gasteiger partial charge on any atom is 0.308 e. The van der Waals surface area contributed by atoms with Crippen LogP contribution in [0.5, 0.6) is 0 Å². The Bertz CT molecular complexity index is 322. The van der Waals surface area contributed by atoms with Crippen LogP contribution in [-0.2, 0) is 11.2 Å². The molecule has 0 saturated heterocycles. The van der Waals surface area contributed by atoms with Crippen LogP contribution in [0.1, 0.15) is 19.4 Å². The highest BCUT2D eigenvalue weighted by Gasteiger charge is 2.17. The lowest BCUT2D eigenvalue weighted by Gasteiger charge is -2.15. The molecule has 0 fully saturated rings. The maximum absolute atomic E-state index is 11.1.